The normalized spacial score (nSPS) is 19.9. The molecule has 0 saturated heterocycles. The Balaban J connectivity index is 1.73. The average molecular weight is 438 g/mol. The summed E-state index contributed by atoms with van der Waals surface area (Å²) >= 11 is 0. The molecule has 2 heterocycles. The first-order valence-corrected chi connectivity index (χ1v) is 11.3. The highest BCUT2D eigenvalue weighted by Crippen LogP contribution is 2.42. The second-order valence-corrected chi connectivity index (χ2v) is 8.59. The van der Waals surface area contributed by atoms with E-state index in [2.05, 4.69) is 28.8 Å². The predicted molar refractivity (Wildman–Crippen MR) is 123 cm³/mol. The number of nitrogens with zero attached hydrogens (tertiary/aromatic N) is 3. The number of hydrogen-bond donors (Lipinski definition) is 0. The van der Waals surface area contributed by atoms with Crippen LogP contribution in [-0.2, 0) is 20.7 Å². The maximum absolute atomic E-state index is 13.1. The van der Waals surface area contributed by atoms with E-state index in [0.29, 0.717) is 19.6 Å². The van der Waals surface area contributed by atoms with Crippen LogP contribution in [0.3, 0.4) is 0 Å². The minimum absolute atomic E-state index is 0.0652. The predicted octanol–water partition coefficient (Wildman–Crippen LogP) is 2.97. The van der Waals surface area contributed by atoms with Gasteiger partial charge in [-0.25, -0.2) is 0 Å². The molecule has 7 nitrogen and oxygen atoms in total. The van der Waals surface area contributed by atoms with Crippen LogP contribution in [0.4, 0.5) is 0 Å². The third-order valence-electron chi connectivity index (χ3n) is 6.82. The number of ether oxygens (including phenoxy) is 1. The molecule has 0 spiro atoms. The molecule has 1 aromatic carbocycles. The maximum atomic E-state index is 13.1. The van der Waals surface area contributed by atoms with Crippen LogP contribution in [0.15, 0.2) is 30.5 Å². The van der Waals surface area contributed by atoms with Crippen molar-refractivity contribution in [3.63, 3.8) is 0 Å². The topological polar surface area (TPSA) is 71.8 Å². The summed E-state index contributed by atoms with van der Waals surface area (Å²) in [4.78, 5) is 41.6. The molecule has 0 saturated carbocycles. The fourth-order valence-electron chi connectivity index (χ4n) is 5.12. The van der Waals surface area contributed by atoms with Crippen LogP contribution >= 0.6 is 0 Å². The third-order valence-corrected chi connectivity index (χ3v) is 6.82. The first kappa shape index (κ1) is 22.3. The molecule has 1 aromatic heterocycles. The molecule has 1 aliphatic carbocycles. The largest absolute Gasteiger partial charge is 0.469 e. The van der Waals surface area contributed by atoms with Crippen LogP contribution < -0.4 is 0 Å². The van der Waals surface area contributed by atoms with Crippen LogP contribution in [0.1, 0.15) is 42.6 Å². The Morgan fingerprint density at radius 1 is 1.16 bits per heavy atom. The Bertz CT molecular complexity index is 1100. The second kappa shape index (κ2) is 8.90. The molecule has 0 bridgehead atoms. The molecule has 0 radical (unpaired) electrons. The number of rotatable bonds is 6. The molecule has 1 aliphatic heterocycles. The molecule has 0 N–H and O–H groups in total. The molecule has 7 heteroatoms. The SMILES string of the molecule is CCN(CC)C(=O)[C@@H]1C=C2c3cccc4c3c(cn4C(=O)CCC(=O)OC)C[C@H]2N(C)C1. The summed E-state index contributed by atoms with van der Waals surface area (Å²) in [5.74, 6) is -0.514. The zero-order valence-corrected chi connectivity index (χ0v) is 19.3. The number of benzene rings is 1. The maximum Gasteiger partial charge on any atom is 0.306 e. The molecular formula is C25H31N3O4. The van der Waals surface area contributed by atoms with E-state index in [0.717, 1.165) is 28.5 Å². The van der Waals surface area contributed by atoms with Crippen molar-refractivity contribution >= 4 is 34.3 Å². The number of hydrogen-bond acceptors (Lipinski definition) is 5. The first-order valence-electron chi connectivity index (χ1n) is 11.3. The zero-order valence-electron chi connectivity index (χ0n) is 19.3. The van der Waals surface area contributed by atoms with Crippen molar-refractivity contribution in [3.8, 4) is 0 Å². The lowest BCUT2D eigenvalue weighted by atomic mass is 9.79. The van der Waals surface area contributed by atoms with Crippen molar-refractivity contribution in [2.45, 2.75) is 39.2 Å². The summed E-state index contributed by atoms with van der Waals surface area (Å²) in [5, 5.41) is 1.07. The van der Waals surface area contributed by atoms with Gasteiger partial charge in [-0.15, -0.1) is 0 Å². The van der Waals surface area contributed by atoms with E-state index in [1.807, 2.05) is 37.1 Å². The van der Waals surface area contributed by atoms with Crippen LogP contribution in [-0.4, -0.2) is 72.0 Å². The van der Waals surface area contributed by atoms with Crippen molar-refractivity contribution in [1.29, 1.82) is 0 Å². The third kappa shape index (κ3) is 3.75. The second-order valence-electron chi connectivity index (χ2n) is 8.59. The lowest BCUT2D eigenvalue weighted by Gasteiger charge is -2.40. The highest BCUT2D eigenvalue weighted by Gasteiger charge is 2.37. The average Bonchev–Trinajstić information content (AvgIpc) is 3.18. The number of amides is 1. The van der Waals surface area contributed by atoms with E-state index in [1.165, 1.54) is 12.7 Å². The van der Waals surface area contributed by atoms with Gasteiger partial charge in [0.15, 0.2) is 0 Å². The quantitative estimate of drug-likeness (QED) is 0.650. The minimum atomic E-state index is -0.387. The number of aromatic nitrogens is 1. The molecule has 2 aromatic rings. The van der Waals surface area contributed by atoms with Gasteiger partial charge in [-0.3, -0.25) is 23.9 Å². The number of esters is 1. The molecule has 2 atom stereocenters. The van der Waals surface area contributed by atoms with Gasteiger partial charge in [0.1, 0.15) is 0 Å². The van der Waals surface area contributed by atoms with Crippen LogP contribution in [0.5, 0.6) is 0 Å². The number of fused-ring (bicyclic) bond motifs is 2. The van der Waals surface area contributed by atoms with Gasteiger partial charge in [0.25, 0.3) is 0 Å². The Morgan fingerprint density at radius 3 is 2.59 bits per heavy atom. The lowest BCUT2D eigenvalue weighted by molar-refractivity contribution is -0.140. The summed E-state index contributed by atoms with van der Waals surface area (Å²) in [6, 6.07) is 6.18. The summed E-state index contributed by atoms with van der Waals surface area (Å²) in [6.07, 6.45) is 5.03. The fraction of sp³-hybridized carbons (Fsp3) is 0.480. The standard InChI is InChI=1S/C25H31N3O4/c1-5-27(6-2)25(31)17-12-19-18-8-7-9-20-24(18)16(13-21(19)26(3)14-17)15-28(20)22(29)10-11-23(30)32-4/h7-9,12,15,17,21H,5-6,10-11,13-14H2,1-4H3/t17-,21-/m1/s1. The lowest BCUT2D eigenvalue weighted by Crippen LogP contribution is -2.47. The zero-order chi connectivity index (χ0) is 23.0. The van der Waals surface area contributed by atoms with E-state index in [1.54, 1.807) is 4.57 Å². The molecule has 1 amide bonds. The molecular weight excluding hydrogens is 406 g/mol. The van der Waals surface area contributed by atoms with Crippen molar-refractivity contribution < 1.29 is 19.1 Å². The van der Waals surface area contributed by atoms with E-state index < -0.39 is 0 Å². The Kier molecular flexibility index (Phi) is 6.20. The Labute approximate surface area is 188 Å². The minimum Gasteiger partial charge on any atom is -0.469 e. The van der Waals surface area contributed by atoms with Gasteiger partial charge in [-0.2, -0.15) is 0 Å². The summed E-state index contributed by atoms with van der Waals surface area (Å²) < 4.78 is 6.35. The molecule has 170 valence electrons. The Morgan fingerprint density at radius 2 is 1.91 bits per heavy atom. The molecule has 32 heavy (non-hydrogen) atoms. The fourth-order valence-corrected chi connectivity index (χ4v) is 5.12. The van der Waals surface area contributed by atoms with Gasteiger partial charge < -0.3 is 9.64 Å². The summed E-state index contributed by atoms with van der Waals surface area (Å²) in [7, 11) is 3.40. The number of carbonyl (C=O) groups excluding carboxylic acids is 3. The summed E-state index contributed by atoms with van der Waals surface area (Å²) in [5.41, 5.74) is 4.25. The summed E-state index contributed by atoms with van der Waals surface area (Å²) in [6.45, 7) is 6.12. The number of likely N-dealkylation sites (N-methyl/N-ethyl adjacent to an activating group) is 1. The smallest absolute Gasteiger partial charge is 0.306 e. The highest BCUT2D eigenvalue weighted by molar-refractivity contribution is 6.03. The van der Waals surface area contributed by atoms with Gasteiger partial charge in [-0.05, 0) is 50.1 Å². The van der Waals surface area contributed by atoms with E-state index >= 15 is 0 Å². The van der Waals surface area contributed by atoms with Crippen molar-refractivity contribution in [2.75, 3.05) is 33.8 Å². The van der Waals surface area contributed by atoms with Crippen LogP contribution in [0.25, 0.3) is 16.5 Å². The molecule has 2 aliphatic rings. The number of methoxy groups -OCH3 is 1. The van der Waals surface area contributed by atoms with Crippen LogP contribution in [0, 0.1) is 5.92 Å². The van der Waals surface area contributed by atoms with E-state index in [9.17, 15) is 14.4 Å². The van der Waals surface area contributed by atoms with E-state index in [-0.39, 0.29) is 42.6 Å². The monoisotopic (exact) mass is 437 g/mol. The van der Waals surface area contributed by atoms with Crippen molar-refractivity contribution in [1.82, 2.24) is 14.4 Å². The first-order chi connectivity index (χ1) is 15.4. The molecule has 4 rings (SSSR count). The number of carbonyl (C=O) groups is 3. The van der Waals surface area contributed by atoms with Gasteiger partial charge in [0, 0.05) is 43.7 Å². The van der Waals surface area contributed by atoms with E-state index in [4.69, 9.17) is 0 Å². The van der Waals surface area contributed by atoms with Gasteiger partial charge in [-0.1, -0.05) is 18.2 Å². The highest BCUT2D eigenvalue weighted by atomic mass is 16.5. The molecule has 0 unspecified atom stereocenters. The van der Waals surface area contributed by atoms with Crippen LogP contribution in [0.2, 0.25) is 0 Å². The Hall–Kier alpha value is -2.93. The van der Waals surface area contributed by atoms with Gasteiger partial charge in [0.05, 0.1) is 25.0 Å². The molecule has 0 fully saturated rings. The van der Waals surface area contributed by atoms with Crippen molar-refractivity contribution in [2.24, 2.45) is 5.92 Å². The van der Waals surface area contributed by atoms with Crippen molar-refractivity contribution in [3.05, 3.63) is 41.6 Å². The van der Waals surface area contributed by atoms with Gasteiger partial charge >= 0.3 is 5.97 Å². The van der Waals surface area contributed by atoms with Gasteiger partial charge in [0.2, 0.25) is 11.8 Å².